The van der Waals surface area contributed by atoms with Crippen molar-refractivity contribution in [3.63, 3.8) is 0 Å². The molecule has 15 nitrogen and oxygen atoms in total. The van der Waals surface area contributed by atoms with Crippen LogP contribution in [0.15, 0.2) is 29.3 Å². The normalized spacial score (nSPS) is 12.9. The van der Waals surface area contributed by atoms with Gasteiger partial charge in [-0.05, 0) is 37.0 Å². The highest BCUT2D eigenvalue weighted by atomic mass is 16.4. The Morgan fingerprint density at radius 3 is 1.95 bits per heavy atom. The van der Waals surface area contributed by atoms with Gasteiger partial charge in [-0.25, -0.2) is 4.79 Å². The van der Waals surface area contributed by atoms with E-state index in [1.54, 1.807) is 0 Å². The lowest BCUT2D eigenvalue weighted by molar-refractivity contribution is -0.142. The molecule has 3 unspecified atom stereocenters. The Kier molecular flexibility index (Phi) is 12.9. The molecule has 0 aliphatic heterocycles. The van der Waals surface area contributed by atoms with Gasteiger partial charge < -0.3 is 48.5 Å². The van der Waals surface area contributed by atoms with Crippen molar-refractivity contribution in [1.29, 1.82) is 0 Å². The molecular weight excluding hydrogens is 490 g/mol. The van der Waals surface area contributed by atoms with Gasteiger partial charge in [0.1, 0.15) is 23.9 Å². The Morgan fingerprint density at radius 2 is 1.43 bits per heavy atom. The third-order valence-electron chi connectivity index (χ3n) is 5.05. The summed E-state index contributed by atoms with van der Waals surface area (Å²) in [5, 5.41) is 35.1. The van der Waals surface area contributed by atoms with Crippen LogP contribution in [0.3, 0.4) is 0 Å². The second kappa shape index (κ2) is 15.6. The predicted molar refractivity (Wildman–Crippen MR) is 131 cm³/mol. The van der Waals surface area contributed by atoms with E-state index in [4.69, 9.17) is 22.3 Å². The van der Waals surface area contributed by atoms with Gasteiger partial charge in [0.15, 0.2) is 5.96 Å². The van der Waals surface area contributed by atoms with E-state index in [9.17, 15) is 34.2 Å². The second-order valence-corrected chi connectivity index (χ2v) is 8.04. The predicted octanol–water partition coefficient (Wildman–Crippen LogP) is -2.65. The lowest BCUT2D eigenvalue weighted by Crippen LogP contribution is -2.56. The minimum atomic E-state index is -1.37. The zero-order valence-electron chi connectivity index (χ0n) is 20.1. The number of aliphatic carboxylic acids is 2. The largest absolute Gasteiger partial charge is 0.508 e. The third-order valence-corrected chi connectivity index (χ3v) is 5.05. The SMILES string of the molecule is NCC(=O)NC(CCC(=O)O)C(=O)NC(CCCN=C(N)N)C(=O)NC(Cc1ccc(O)cc1)C(=O)O. The van der Waals surface area contributed by atoms with Crippen LogP contribution in [0.4, 0.5) is 0 Å². The molecule has 3 amide bonds. The molecule has 12 N–H and O–H groups in total. The first-order chi connectivity index (χ1) is 17.4. The van der Waals surface area contributed by atoms with Crippen molar-refractivity contribution in [3.8, 4) is 5.75 Å². The Labute approximate surface area is 212 Å². The molecule has 15 heteroatoms. The van der Waals surface area contributed by atoms with E-state index in [1.807, 2.05) is 0 Å². The summed E-state index contributed by atoms with van der Waals surface area (Å²) in [6, 6.07) is 1.82. The van der Waals surface area contributed by atoms with E-state index < -0.39 is 60.8 Å². The first-order valence-electron chi connectivity index (χ1n) is 11.3. The summed E-state index contributed by atoms with van der Waals surface area (Å²) < 4.78 is 0. The molecule has 0 spiro atoms. The van der Waals surface area contributed by atoms with Crippen LogP contribution < -0.4 is 33.2 Å². The standard InChI is InChI=1S/C22H33N7O8/c23-11-17(31)27-15(7-8-18(32)33)20(35)28-14(2-1-9-26-22(24)25)19(34)29-16(21(36)37)10-12-3-5-13(30)6-4-12/h3-6,14-16,30H,1-2,7-11,23H2,(H,27,31)(H,28,35)(H,29,34)(H,32,33)(H,36,37)(H4,24,25,26). The second-order valence-electron chi connectivity index (χ2n) is 8.04. The van der Waals surface area contributed by atoms with Gasteiger partial charge in [0.05, 0.1) is 6.54 Å². The van der Waals surface area contributed by atoms with Crippen LogP contribution in [0.5, 0.6) is 5.75 Å². The highest BCUT2D eigenvalue weighted by Crippen LogP contribution is 2.12. The summed E-state index contributed by atoms with van der Waals surface area (Å²) >= 11 is 0. The number of carbonyl (C=O) groups excluding carboxylic acids is 3. The number of nitrogens with two attached hydrogens (primary N) is 3. The zero-order valence-corrected chi connectivity index (χ0v) is 20.1. The summed E-state index contributed by atoms with van der Waals surface area (Å²) in [7, 11) is 0. The molecule has 0 saturated carbocycles. The number of aromatic hydroxyl groups is 1. The number of nitrogens with zero attached hydrogens (tertiary/aromatic N) is 1. The maximum absolute atomic E-state index is 13.0. The van der Waals surface area contributed by atoms with E-state index >= 15 is 0 Å². The monoisotopic (exact) mass is 523 g/mol. The number of hydrogen-bond donors (Lipinski definition) is 9. The lowest BCUT2D eigenvalue weighted by Gasteiger charge is -2.24. The van der Waals surface area contributed by atoms with Crippen LogP contribution in [0.25, 0.3) is 0 Å². The molecule has 0 saturated heterocycles. The number of amides is 3. The van der Waals surface area contributed by atoms with E-state index in [-0.39, 0.29) is 43.9 Å². The average molecular weight is 524 g/mol. The lowest BCUT2D eigenvalue weighted by atomic mass is 10.0. The number of aliphatic imine (C=N–C) groups is 1. The number of phenols is 1. The topological polar surface area (TPSA) is 273 Å². The van der Waals surface area contributed by atoms with Gasteiger partial charge in [-0.3, -0.25) is 24.2 Å². The summed E-state index contributed by atoms with van der Waals surface area (Å²) in [6.45, 7) is -0.332. The van der Waals surface area contributed by atoms with Crippen LogP contribution in [0, 0.1) is 0 Å². The Balaban J connectivity index is 3.05. The molecular formula is C22H33N7O8. The van der Waals surface area contributed by atoms with Crippen molar-refractivity contribution in [2.75, 3.05) is 13.1 Å². The maximum atomic E-state index is 13.0. The Morgan fingerprint density at radius 1 is 0.865 bits per heavy atom. The average Bonchev–Trinajstić information content (AvgIpc) is 2.83. The van der Waals surface area contributed by atoms with Gasteiger partial charge in [0.25, 0.3) is 0 Å². The number of carboxylic acid groups (broad SMARTS) is 2. The van der Waals surface area contributed by atoms with Crippen molar-refractivity contribution in [2.45, 2.75) is 50.2 Å². The van der Waals surface area contributed by atoms with Crippen LogP contribution in [0.1, 0.15) is 31.2 Å². The number of carbonyl (C=O) groups is 5. The fraction of sp³-hybridized carbons (Fsp3) is 0.455. The minimum Gasteiger partial charge on any atom is -0.508 e. The van der Waals surface area contributed by atoms with Gasteiger partial charge in [-0.2, -0.15) is 0 Å². The molecule has 1 aromatic rings. The molecule has 0 aliphatic rings. The van der Waals surface area contributed by atoms with Crippen LogP contribution in [0.2, 0.25) is 0 Å². The van der Waals surface area contributed by atoms with E-state index in [0.29, 0.717) is 5.56 Å². The highest BCUT2D eigenvalue weighted by molar-refractivity contribution is 5.93. The van der Waals surface area contributed by atoms with Crippen molar-refractivity contribution < 1.29 is 39.3 Å². The molecule has 204 valence electrons. The number of nitrogens with one attached hydrogen (secondary N) is 3. The molecule has 0 fully saturated rings. The van der Waals surface area contributed by atoms with Gasteiger partial charge in [0.2, 0.25) is 17.7 Å². The Bertz CT molecular complexity index is 980. The molecule has 37 heavy (non-hydrogen) atoms. The van der Waals surface area contributed by atoms with Crippen molar-refractivity contribution in [1.82, 2.24) is 16.0 Å². The number of benzene rings is 1. The smallest absolute Gasteiger partial charge is 0.326 e. The number of hydrogen-bond acceptors (Lipinski definition) is 8. The quantitative estimate of drug-likeness (QED) is 0.0613. The van der Waals surface area contributed by atoms with Gasteiger partial charge in [-0.15, -0.1) is 0 Å². The molecule has 1 rings (SSSR count). The number of phenolic OH excluding ortho intramolecular Hbond substituents is 1. The molecule has 0 heterocycles. The maximum Gasteiger partial charge on any atom is 0.326 e. The molecule has 0 bridgehead atoms. The van der Waals surface area contributed by atoms with E-state index in [0.717, 1.165) is 0 Å². The fourth-order valence-corrected chi connectivity index (χ4v) is 3.17. The summed E-state index contributed by atoms with van der Waals surface area (Å²) in [5.74, 6) is -5.11. The van der Waals surface area contributed by atoms with Gasteiger partial charge in [-0.1, -0.05) is 12.1 Å². The number of carboxylic acids is 2. The van der Waals surface area contributed by atoms with Gasteiger partial charge >= 0.3 is 11.9 Å². The van der Waals surface area contributed by atoms with Crippen LogP contribution in [-0.4, -0.2) is 82.2 Å². The first-order valence-corrected chi connectivity index (χ1v) is 11.3. The number of guanidine groups is 1. The van der Waals surface area contributed by atoms with E-state index in [2.05, 4.69) is 20.9 Å². The molecule has 0 radical (unpaired) electrons. The van der Waals surface area contributed by atoms with Crippen LogP contribution >= 0.6 is 0 Å². The van der Waals surface area contributed by atoms with E-state index in [1.165, 1.54) is 24.3 Å². The number of rotatable bonds is 16. The van der Waals surface area contributed by atoms with Crippen molar-refractivity contribution in [3.05, 3.63) is 29.8 Å². The molecule has 3 atom stereocenters. The minimum absolute atomic E-state index is 0.00358. The van der Waals surface area contributed by atoms with Gasteiger partial charge in [0, 0.05) is 19.4 Å². The third kappa shape index (κ3) is 12.2. The van der Waals surface area contributed by atoms with Crippen LogP contribution in [-0.2, 0) is 30.4 Å². The summed E-state index contributed by atoms with van der Waals surface area (Å²) in [4.78, 5) is 64.1. The first kappa shape index (κ1) is 30.6. The Hall–Kier alpha value is -4.40. The molecule has 0 aromatic heterocycles. The van der Waals surface area contributed by atoms with Crippen molar-refractivity contribution in [2.24, 2.45) is 22.2 Å². The summed E-state index contributed by atoms with van der Waals surface area (Å²) in [5.41, 5.74) is 16.4. The molecule has 0 aliphatic carbocycles. The molecule has 1 aromatic carbocycles. The van der Waals surface area contributed by atoms with Crippen molar-refractivity contribution >= 4 is 35.6 Å². The highest BCUT2D eigenvalue weighted by Gasteiger charge is 2.29. The fourth-order valence-electron chi connectivity index (χ4n) is 3.17. The summed E-state index contributed by atoms with van der Waals surface area (Å²) in [6.07, 6.45) is -0.604. The zero-order chi connectivity index (χ0) is 28.0.